The summed E-state index contributed by atoms with van der Waals surface area (Å²) in [5.41, 5.74) is 2.13. The normalized spacial score (nSPS) is 10.2. The van der Waals surface area contributed by atoms with Gasteiger partial charge in [-0.05, 0) is 49.2 Å². The predicted octanol–water partition coefficient (Wildman–Crippen LogP) is 3.23. The number of anilines is 2. The lowest BCUT2D eigenvalue weighted by Gasteiger charge is -2.12. The second-order valence-corrected chi connectivity index (χ2v) is 7.86. The lowest BCUT2D eigenvalue weighted by Crippen LogP contribution is -2.22. The van der Waals surface area contributed by atoms with Crippen LogP contribution in [0.15, 0.2) is 48.5 Å². The summed E-state index contributed by atoms with van der Waals surface area (Å²) < 4.78 is 0. The molecule has 0 bridgehead atoms. The van der Waals surface area contributed by atoms with Crippen molar-refractivity contribution in [2.45, 2.75) is 25.7 Å². The molecule has 4 amide bonds. The highest BCUT2D eigenvalue weighted by Gasteiger charge is 2.11. The van der Waals surface area contributed by atoms with Gasteiger partial charge in [0.25, 0.3) is 11.8 Å². The van der Waals surface area contributed by atoms with Gasteiger partial charge in [-0.15, -0.1) is 0 Å². The second kappa shape index (κ2) is 11.6. The van der Waals surface area contributed by atoms with Crippen LogP contribution in [0, 0.1) is 0 Å². The van der Waals surface area contributed by atoms with Crippen molar-refractivity contribution in [3.63, 3.8) is 0 Å². The maximum atomic E-state index is 12.2. The smallest absolute Gasteiger partial charge is 0.253 e. The Bertz CT molecular complexity index is 906. The van der Waals surface area contributed by atoms with Gasteiger partial charge in [0.1, 0.15) is 0 Å². The standard InChI is InChI=1S/C24H30N4O4/c1-27(2)23(31)17-9-7-11-19(15-17)25-21(29)13-5-6-14-22(30)26-20-12-8-10-18(16-20)24(32)28(3)4/h7-12,15-16H,5-6,13-14H2,1-4H3,(H,25,29)(H,26,30). The van der Waals surface area contributed by atoms with Crippen molar-refractivity contribution < 1.29 is 19.2 Å². The summed E-state index contributed by atoms with van der Waals surface area (Å²) in [6.45, 7) is 0. The molecule has 8 heteroatoms. The molecule has 0 saturated carbocycles. The number of hydrogen-bond acceptors (Lipinski definition) is 4. The molecule has 0 atom stereocenters. The van der Waals surface area contributed by atoms with Crippen LogP contribution in [0.25, 0.3) is 0 Å². The molecule has 2 N–H and O–H groups in total. The number of carbonyl (C=O) groups excluding carboxylic acids is 4. The summed E-state index contributed by atoms with van der Waals surface area (Å²) in [7, 11) is 6.68. The van der Waals surface area contributed by atoms with Gasteiger partial charge in [0, 0.05) is 63.5 Å². The zero-order valence-electron chi connectivity index (χ0n) is 19.0. The average molecular weight is 439 g/mol. The summed E-state index contributed by atoms with van der Waals surface area (Å²) >= 11 is 0. The molecule has 0 aromatic heterocycles. The second-order valence-electron chi connectivity index (χ2n) is 7.86. The lowest BCUT2D eigenvalue weighted by atomic mass is 10.1. The SMILES string of the molecule is CN(C)C(=O)c1cccc(NC(=O)CCCCC(=O)Nc2cccc(C(=O)N(C)C)c2)c1. The molecule has 0 aliphatic rings. The number of hydrogen-bond donors (Lipinski definition) is 2. The summed E-state index contributed by atoms with van der Waals surface area (Å²) in [5.74, 6) is -0.614. The average Bonchev–Trinajstić information content (AvgIpc) is 2.75. The van der Waals surface area contributed by atoms with E-state index < -0.39 is 0 Å². The number of rotatable bonds is 9. The Labute approximate surface area is 188 Å². The van der Waals surface area contributed by atoms with Gasteiger partial charge in [0.15, 0.2) is 0 Å². The van der Waals surface area contributed by atoms with Crippen LogP contribution in [0.3, 0.4) is 0 Å². The van der Waals surface area contributed by atoms with E-state index in [4.69, 9.17) is 0 Å². The molecule has 2 aromatic rings. The van der Waals surface area contributed by atoms with Crippen LogP contribution < -0.4 is 10.6 Å². The predicted molar refractivity (Wildman–Crippen MR) is 125 cm³/mol. The van der Waals surface area contributed by atoms with Gasteiger partial charge >= 0.3 is 0 Å². The quantitative estimate of drug-likeness (QED) is 0.587. The van der Waals surface area contributed by atoms with E-state index in [0.717, 1.165) is 0 Å². The third-order valence-corrected chi connectivity index (χ3v) is 4.66. The van der Waals surface area contributed by atoms with Crippen LogP contribution in [0.4, 0.5) is 11.4 Å². The Hall–Kier alpha value is -3.68. The number of nitrogens with one attached hydrogen (secondary N) is 2. The zero-order valence-corrected chi connectivity index (χ0v) is 19.0. The maximum absolute atomic E-state index is 12.2. The number of nitrogens with zero attached hydrogens (tertiary/aromatic N) is 2. The van der Waals surface area contributed by atoms with Gasteiger partial charge in [0.2, 0.25) is 11.8 Å². The van der Waals surface area contributed by atoms with E-state index >= 15 is 0 Å². The largest absolute Gasteiger partial charge is 0.345 e. The molecule has 0 spiro atoms. The highest BCUT2D eigenvalue weighted by Crippen LogP contribution is 2.15. The van der Waals surface area contributed by atoms with Crippen LogP contribution >= 0.6 is 0 Å². The van der Waals surface area contributed by atoms with Crippen molar-refractivity contribution in [1.29, 1.82) is 0 Å². The van der Waals surface area contributed by atoms with E-state index in [9.17, 15) is 19.2 Å². The molecule has 0 fully saturated rings. The third kappa shape index (κ3) is 7.54. The first-order chi connectivity index (χ1) is 15.2. The van der Waals surface area contributed by atoms with Crippen molar-refractivity contribution in [2.75, 3.05) is 38.8 Å². The van der Waals surface area contributed by atoms with Gasteiger partial charge in [-0.1, -0.05) is 12.1 Å². The molecule has 0 unspecified atom stereocenters. The molecule has 0 aliphatic carbocycles. The zero-order chi connectivity index (χ0) is 23.7. The Morgan fingerprint density at radius 1 is 0.656 bits per heavy atom. The summed E-state index contributed by atoms with van der Waals surface area (Å²) in [6, 6.07) is 13.6. The minimum atomic E-state index is -0.172. The first-order valence-electron chi connectivity index (χ1n) is 10.4. The fourth-order valence-corrected chi connectivity index (χ4v) is 2.99. The van der Waals surface area contributed by atoms with Crippen molar-refractivity contribution >= 4 is 35.0 Å². The van der Waals surface area contributed by atoms with Crippen molar-refractivity contribution in [3.8, 4) is 0 Å². The van der Waals surface area contributed by atoms with Crippen molar-refractivity contribution in [1.82, 2.24) is 9.80 Å². The summed E-state index contributed by atoms with van der Waals surface area (Å²) in [6.07, 6.45) is 1.64. The van der Waals surface area contributed by atoms with E-state index in [1.54, 1.807) is 76.7 Å². The molecule has 0 radical (unpaired) electrons. The molecule has 0 heterocycles. The van der Waals surface area contributed by atoms with Crippen molar-refractivity contribution in [2.24, 2.45) is 0 Å². The van der Waals surface area contributed by atoms with E-state index in [-0.39, 0.29) is 36.5 Å². The molecular weight excluding hydrogens is 408 g/mol. The van der Waals surface area contributed by atoms with E-state index in [2.05, 4.69) is 10.6 Å². The van der Waals surface area contributed by atoms with Crippen molar-refractivity contribution in [3.05, 3.63) is 59.7 Å². The highest BCUT2D eigenvalue weighted by molar-refractivity contribution is 5.98. The molecule has 8 nitrogen and oxygen atoms in total. The molecular formula is C24H30N4O4. The topological polar surface area (TPSA) is 98.8 Å². The summed E-state index contributed by atoms with van der Waals surface area (Å²) in [4.78, 5) is 51.4. The van der Waals surface area contributed by atoms with Crippen LogP contribution in [-0.2, 0) is 9.59 Å². The van der Waals surface area contributed by atoms with E-state index in [1.807, 2.05) is 0 Å². The number of carbonyl (C=O) groups is 4. The van der Waals surface area contributed by atoms with Crippen LogP contribution in [0.1, 0.15) is 46.4 Å². The van der Waals surface area contributed by atoms with Gasteiger partial charge in [-0.3, -0.25) is 19.2 Å². The van der Waals surface area contributed by atoms with Gasteiger partial charge in [-0.25, -0.2) is 0 Å². The third-order valence-electron chi connectivity index (χ3n) is 4.66. The fourth-order valence-electron chi connectivity index (χ4n) is 2.99. The summed E-state index contributed by atoms with van der Waals surface area (Å²) in [5, 5.41) is 5.57. The molecule has 32 heavy (non-hydrogen) atoms. The van der Waals surface area contributed by atoms with E-state index in [1.165, 1.54) is 9.80 Å². The van der Waals surface area contributed by atoms with Gasteiger partial charge in [-0.2, -0.15) is 0 Å². The molecule has 0 aliphatic heterocycles. The minimum Gasteiger partial charge on any atom is -0.345 e. The minimum absolute atomic E-state index is 0.135. The van der Waals surface area contributed by atoms with Gasteiger partial charge < -0.3 is 20.4 Å². The number of unbranched alkanes of at least 4 members (excludes halogenated alkanes) is 1. The first-order valence-corrected chi connectivity index (χ1v) is 10.4. The fraction of sp³-hybridized carbons (Fsp3) is 0.333. The Balaban J connectivity index is 1.76. The highest BCUT2D eigenvalue weighted by atomic mass is 16.2. The molecule has 0 saturated heterocycles. The van der Waals surface area contributed by atoms with Crippen LogP contribution in [-0.4, -0.2) is 61.6 Å². The number of benzene rings is 2. The Morgan fingerprint density at radius 2 is 1.03 bits per heavy atom. The van der Waals surface area contributed by atoms with E-state index in [0.29, 0.717) is 35.3 Å². The monoisotopic (exact) mass is 438 g/mol. The number of amides is 4. The lowest BCUT2D eigenvalue weighted by molar-refractivity contribution is -0.118. The molecule has 170 valence electrons. The van der Waals surface area contributed by atoms with Gasteiger partial charge in [0.05, 0.1) is 0 Å². The maximum Gasteiger partial charge on any atom is 0.253 e. The van der Waals surface area contributed by atoms with Crippen LogP contribution in [0.2, 0.25) is 0 Å². The first kappa shape index (κ1) is 24.6. The molecule has 2 rings (SSSR count). The Kier molecular flexibility index (Phi) is 8.95. The molecule has 2 aromatic carbocycles. The van der Waals surface area contributed by atoms with Crippen LogP contribution in [0.5, 0.6) is 0 Å². The Morgan fingerprint density at radius 3 is 1.38 bits per heavy atom.